The third-order valence-corrected chi connectivity index (χ3v) is 10.9. The minimum Gasteiger partial charge on any atom is -0.387 e. The maximum absolute atomic E-state index is 14.0. The zero-order valence-corrected chi connectivity index (χ0v) is 30.7. The molecule has 5 aromatic rings. The van der Waals surface area contributed by atoms with Crippen molar-refractivity contribution in [3.8, 4) is 6.07 Å². The number of hydrogen-bond acceptors (Lipinski definition) is 8. The van der Waals surface area contributed by atoms with Crippen molar-refractivity contribution in [2.75, 3.05) is 25.0 Å². The molecule has 0 aliphatic carbocycles. The Bertz CT molecular complexity index is 2200. The predicted molar refractivity (Wildman–Crippen MR) is 199 cm³/mol. The molecule has 1 saturated heterocycles. The second-order valence-electron chi connectivity index (χ2n) is 14.5. The van der Waals surface area contributed by atoms with Gasteiger partial charge in [0.05, 0.1) is 38.5 Å². The van der Waals surface area contributed by atoms with Gasteiger partial charge in [0.1, 0.15) is 18.5 Å². The van der Waals surface area contributed by atoms with Crippen LogP contribution in [-0.4, -0.2) is 66.0 Å². The summed E-state index contributed by atoms with van der Waals surface area (Å²) >= 11 is 13.0. The van der Waals surface area contributed by atoms with Crippen molar-refractivity contribution in [3.63, 3.8) is 0 Å². The van der Waals surface area contributed by atoms with Gasteiger partial charge in [-0.1, -0.05) is 46.6 Å². The third-order valence-electron chi connectivity index (χ3n) is 10.3. The van der Waals surface area contributed by atoms with Crippen LogP contribution in [0.5, 0.6) is 0 Å². The summed E-state index contributed by atoms with van der Waals surface area (Å²) in [4.78, 5) is 21.2. The number of nitriles is 1. The minimum absolute atomic E-state index is 0.0501. The summed E-state index contributed by atoms with van der Waals surface area (Å²) in [6.07, 6.45) is 5.91. The quantitative estimate of drug-likeness (QED) is 0.167. The van der Waals surface area contributed by atoms with E-state index in [-0.39, 0.29) is 34.0 Å². The fraction of sp³-hybridized carbons (Fsp3) is 0.359. The smallest absolute Gasteiger partial charge is 0.248 e. The number of likely N-dealkylation sites (tertiary alicyclic amines) is 1. The Morgan fingerprint density at radius 1 is 1.12 bits per heavy atom. The molecule has 2 aromatic heterocycles. The van der Waals surface area contributed by atoms with E-state index in [9.17, 15) is 19.6 Å². The lowest BCUT2D eigenvalue weighted by atomic mass is 9.85. The van der Waals surface area contributed by atoms with E-state index in [1.54, 1.807) is 11.0 Å². The van der Waals surface area contributed by atoms with Gasteiger partial charge >= 0.3 is 0 Å². The number of halogens is 3. The van der Waals surface area contributed by atoms with E-state index in [4.69, 9.17) is 28.3 Å². The number of rotatable bonds is 8. The fourth-order valence-corrected chi connectivity index (χ4v) is 7.93. The van der Waals surface area contributed by atoms with Gasteiger partial charge in [0, 0.05) is 61.1 Å². The molecule has 268 valence electrons. The van der Waals surface area contributed by atoms with Crippen molar-refractivity contribution in [2.24, 2.45) is 0 Å². The highest BCUT2D eigenvalue weighted by atomic mass is 35.5. The van der Waals surface area contributed by atoms with Crippen LogP contribution in [-0.2, 0) is 24.3 Å². The predicted octanol–water partition coefficient (Wildman–Crippen LogP) is 7.53. The number of fused-ring (bicyclic) bond motifs is 2. The summed E-state index contributed by atoms with van der Waals surface area (Å²) in [5.74, 6) is -1.14. The first kappa shape index (κ1) is 35.8. The Morgan fingerprint density at radius 2 is 1.90 bits per heavy atom. The van der Waals surface area contributed by atoms with Gasteiger partial charge in [-0.2, -0.15) is 5.26 Å². The van der Waals surface area contributed by atoms with E-state index in [0.29, 0.717) is 46.8 Å². The lowest BCUT2D eigenvalue weighted by molar-refractivity contribution is -0.134. The summed E-state index contributed by atoms with van der Waals surface area (Å²) in [6.45, 7) is 8.92. The molecule has 1 amide bonds. The first-order valence-corrected chi connectivity index (χ1v) is 18.1. The van der Waals surface area contributed by atoms with E-state index < -0.39 is 12.4 Å². The van der Waals surface area contributed by atoms with Gasteiger partial charge in [-0.3, -0.25) is 14.7 Å². The number of hydrogen-bond donors (Lipinski definition) is 2. The van der Waals surface area contributed by atoms with Gasteiger partial charge in [0.2, 0.25) is 5.91 Å². The lowest BCUT2D eigenvalue weighted by Gasteiger charge is -2.40. The minimum atomic E-state index is -0.552. The number of anilines is 2. The van der Waals surface area contributed by atoms with Gasteiger partial charge in [-0.05, 0) is 92.6 Å². The molecule has 7 rings (SSSR count). The number of amides is 1. The largest absolute Gasteiger partial charge is 0.387 e. The van der Waals surface area contributed by atoms with Crippen LogP contribution in [0.25, 0.3) is 10.9 Å². The molecule has 2 N–H and O–H groups in total. The van der Waals surface area contributed by atoms with Crippen LogP contribution < -0.4 is 5.32 Å². The highest BCUT2D eigenvalue weighted by Gasteiger charge is 2.32. The topological polar surface area (TPSA) is 123 Å². The molecular weight excluding hydrogens is 702 g/mol. The molecular formula is C39H39Cl2FN8O2. The van der Waals surface area contributed by atoms with Gasteiger partial charge in [0.15, 0.2) is 0 Å². The van der Waals surface area contributed by atoms with Crippen molar-refractivity contribution < 1.29 is 14.3 Å². The number of benzene rings is 3. The molecule has 10 nitrogen and oxygen atoms in total. The Balaban J connectivity index is 1.29. The Kier molecular flexibility index (Phi) is 9.93. The van der Waals surface area contributed by atoms with E-state index in [1.807, 2.05) is 28.9 Å². The number of aromatic nitrogens is 4. The van der Waals surface area contributed by atoms with Crippen LogP contribution in [0.3, 0.4) is 0 Å². The van der Waals surface area contributed by atoms with Crippen LogP contribution >= 0.6 is 23.2 Å². The summed E-state index contributed by atoms with van der Waals surface area (Å²) in [6, 6.07) is 16.6. The molecule has 0 spiro atoms. The number of carbonyl (C=O) groups is 1. The highest BCUT2D eigenvalue weighted by molar-refractivity contribution is 6.35. The fourth-order valence-electron chi connectivity index (χ4n) is 7.46. The number of piperidine rings is 1. The van der Waals surface area contributed by atoms with Crippen molar-refractivity contribution in [1.29, 1.82) is 5.26 Å². The van der Waals surface area contributed by atoms with E-state index in [2.05, 4.69) is 59.5 Å². The van der Waals surface area contributed by atoms with Crippen LogP contribution in [0, 0.1) is 17.1 Å². The molecule has 0 unspecified atom stereocenters. The van der Waals surface area contributed by atoms with Crippen LogP contribution in [0.2, 0.25) is 10.0 Å². The first-order valence-electron chi connectivity index (χ1n) is 17.3. The van der Waals surface area contributed by atoms with Crippen molar-refractivity contribution in [2.45, 2.75) is 70.6 Å². The van der Waals surface area contributed by atoms with Crippen LogP contribution in [0.15, 0.2) is 60.9 Å². The lowest BCUT2D eigenvalue weighted by Crippen LogP contribution is -2.46. The number of aliphatic hydroxyl groups is 1. The maximum Gasteiger partial charge on any atom is 0.248 e. The second kappa shape index (κ2) is 14.4. The molecule has 13 heteroatoms. The van der Waals surface area contributed by atoms with E-state index in [0.717, 1.165) is 53.9 Å². The summed E-state index contributed by atoms with van der Waals surface area (Å²) in [7, 11) is 0. The third kappa shape index (κ3) is 7.08. The monoisotopic (exact) mass is 740 g/mol. The molecule has 2 aliphatic heterocycles. The van der Waals surface area contributed by atoms with Gasteiger partial charge in [0.25, 0.3) is 0 Å². The highest BCUT2D eigenvalue weighted by Crippen LogP contribution is 2.39. The van der Waals surface area contributed by atoms with E-state index in [1.165, 1.54) is 18.3 Å². The van der Waals surface area contributed by atoms with Gasteiger partial charge in [-0.15, -0.1) is 5.10 Å². The standard InChI is InChI=1S/C39H39Cl2FN8O2/c1-39(2,3)49-11-9-27(10-12-49)50-21-35(46-47-50)29(28-6-4-5-24-19-48(20-31(24)28)36(52)22-51)13-23-14-30-37(45-26-7-8-34(42)32(40)16-26)25(17-43)18-44-38(30)33(41)15-23/h4-8,14-16,18,21,27,29,51H,9-13,19-20,22H2,1-3H3,(H,44,45)/t29-/m0/s1. The molecule has 52 heavy (non-hydrogen) atoms. The number of pyridine rings is 1. The second-order valence-corrected chi connectivity index (χ2v) is 15.4. The van der Waals surface area contributed by atoms with Gasteiger partial charge < -0.3 is 15.3 Å². The molecule has 3 aromatic carbocycles. The Hall–Kier alpha value is -4.60. The molecule has 4 heterocycles. The SMILES string of the molecule is CC(C)(C)N1CCC(n2cc([C@@H](Cc3cc(Cl)c4ncc(C#N)c(Nc5ccc(F)c(Cl)c5)c4c3)c3cccc4c3CN(C(=O)CO)C4)nn2)CC1. The molecule has 0 radical (unpaired) electrons. The summed E-state index contributed by atoms with van der Waals surface area (Å²) < 4.78 is 16.0. The van der Waals surface area contributed by atoms with Crippen molar-refractivity contribution in [3.05, 3.63) is 110 Å². The first-order chi connectivity index (χ1) is 24.9. The molecule has 1 fully saturated rings. The van der Waals surface area contributed by atoms with Crippen molar-refractivity contribution in [1.82, 2.24) is 29.8 Å². The van der Waals surface area contributed by atoms with Crippen molar-refractivity contribution >= 4 is 51.4 Å². The zero-order valence-electron chi connectivity index (χ0n) is 29.2. The summed E-state index contributed by atoms with van der Waals surface area (Å²) in [5, 5.41) is 33.3. The zero-order chi connectivity index (χ0) is 36.7. The Labute approximate surface area is 311 Å². The average Bonchev–Trinajstić information content (AvgIpc) is 3.80. The number of nitrogens with one attached hydrogen (secondary N) is 1. The average molecular weight is 742 g/mol. The molecule has 0 saturated carbocycles. The molecule has 2 aliphatic rings. The maximum atomic E-state index is 14.0. The summed E-state index contributed by atoms with van der Waals surface area (Å²) in [5.41, 5.74) is 6.59. The van der Waals surface area contributed by atoms with Gasteiger partial charge in [-0.25, -0.2) is 9.07 Å². The molecule has 0 bridgehead atoms. The van der Waals surface area contributed by atoms with Crippen LogP contribution in [0.1, 0.15) is 79.1 Å². The number of aliphatic hydroxyl groups excluding tert-OH is 1. The van der Waals surface area contributed by atoms with E-state index >= 15 is 0 Å². The Morgan fingerprint density at radius 3 is 2.62 bits per heavy atom. The number of nitrogens with zero attached hydrogens (tertiary/aromatic N) is 7. The van der Waals surface area contributed by atoms with Crippen LogP contribution in [0.4, 0.5) is 15.8 Å². The normalized spacial score (nSPS) is 15.8. The molecule has 1 atom stereocenters. The number of carbonyl (C=O) groups excluding carboxylic acids is 1.